The molecular weight excluding hydrogens is 340 g/mol. The average Bonchev–Trinajstić information content (AvgIpc) is 3.04. The number of nitrogens with one attached hydrogen (secondary N) is 2. The minimum absolute atomic E-state index is 0.239. The van der Waals surface area contributed by atoms with Crippen LogP contribution in [0.3, 0.4) is 0 Å². The Labute approximate surface area is 158 Å². The average molecular weight is 362 g/mol. The number of hydrogen-bond acceptors (Lipinski definition) is 4. The zero-order chi connectivity index (χ0) is 18.8. The third-order valence-corrected chi connectivity index (χ3v) is 5.27. The highest BCUT2D eigenvalue weighted by Gasteiger charge is 2.34. The fourth-order valence-electron chi connectivity index (χ4n) is 3.92. The Bertz CT molecular complexity index is 909. The molecule has 0 radical (unpaired) electrons. The number of amides is 2. The highest BCUT2D eigenvalue weighted by Crippen LogP contribution is 2.31. The van der Waals surface area contributed by atoms with Gasteiger partial charge >= 0.3 is 0 Å². The molecule has 0 saturated carbocycles. The number of carbonyl (C=O) groups excluding carboxylic acids is 2. The predicted molar refractivity (Wildman–Crippen MR) is 101 cm³/mol. The number of hydrogen-bond donors (Lipinski definition) is 2. The standard InChI is InChI=1S/C21H22N4O2/c1-2-19(26)25-20-14-8-4-3-7-13(14)11-17(20)24-21(27)18-12-22-15-9-5-6-10-16(15)23-18/h2-4,7-8,12,17,20H,1,5-6,9-11H2,(H,24,27)(H,25,26)/t17-,20-/m1/s1. The van der Waals surface area contributed by atoms with Crippen LogP contribution in [-0.2, 0) is 24.1 Å². The van der Waals surface area contributed by atoms with Crippen LogP contribution in [-0.4, -0.2) is 27.8 Å². The summed E-state index contributed by atoms with van der Waals surface area (Å²) >= 11 is 0. The molecule has 1 heterocycles. The second kappa shape index (κ2) is 7.31. The van der Waals surface area contributed by atoms with Crippen molar-refractivity contribution in [2.24, 2.45) is 0 Å². The van der Waals surface area contributed by atoms with Gasteiger partial charge in [0.1, 0.15) is 5.69 Å². The molecule has 138 valence electrons. The number of carbonyl (C=O) groups is 2. The second-order valence-corrected chi connectivity index (χ2v) is 7.03. The summed E-state index contributed by atoms with van der Waals surface area (Å²) in [5.74, 6) is -0.518. The molecule has 4 rings (SSSR count). The maximum atomic E-state index is 12.8. The molecule has 27 heavy (non-hydrogen) atoms. The Morgan fingerprint density at radius 3 is 2.70 bits per heavy atom. The zero-order valence-corrected chi connectivity index (χ0v) is 15.1. The molecule has 0 spiro atoms. The largest absolute Gasteiger partial charge is 0.345 e. The molecule has 6 heteroatoms. The summed E-state index contributed by atoms with van der Waals surface area (Å²) in [4.78, 5) is 33.6. The first-order valence-corrected chi connectivity index (χ1v) is 9.32. The summed E-state index contributed by atoms with van der Waals surface area (Å²) in [7, 11) is 0. The fraction of sp³-hybridized carbons (Fsp3) is 0.333. The lowest BCUT2D eigenvalue weighted by molar-refractivity contribution is -0.117. The summed E-state index contributed by atoms with van der Waals surface area (Å²) in [5, 5.41) is 5.97. The molecule has 2 aliphatic carbocycles. The van der Waals surface area contributed by atoms with Gasteiger partial charge in [0.2, 0.25) is 5.91 Å². The zero-order valence-electron chi connectivity index (χ0n) is 15.1. The molecular formula is C21H22N4O2. The second-order valence-electron chi connectivity index (χ2n) is 7.03. The van der Waals surface area contributed by atoms with E-state index in [1.54, 1.807) is 6.20 Å². The highest BCUT2D eigenvalue weighted by atomic mass is 16.2. The van der Waals surface area contributed by atoms with E-state index >= 15 is 0 Å². The quantitative estimate of drug-likeness (QED) is 0.816. The molecule has 0 bridgehead atoms. The van der Waals surface area contributed by atoms with Crippen molar-refractivity contribution in [3.8, 4) is 0 Å². The van der Waals surface area contributed by atoms with Gasteiger partial charge in [-0.1, -0.05) is 30.8 Å². The molecule has 2 aliphatic rings. The SMILES string of the molecule is C=CC(=O)N[C@@H]1c2ccccc2C[C@H]1NC(=O)c1cnc2c(n1)CCCC2. The van der Waals surface area contributed by atoms with E-state index in [9.17, 15) is 9.59 Å². The van der Waals surface area contributed by atoms with Crippen molar-refractivity contribution in [2.75, 3.05) is 0 Å². The van der Waals surface area contributed by atoms with Crippen LogP contribution in [0.25, 0.3) is 0 Å². The summed E-state index contributed by atoms with van der Waals surface area (Å²) in [6.45, 7) is 3.52. The molecule has 2 amide bonds. The van der Waals surface area contributed by atoms with Crippen LogP contribution < -0.4 is 10.6 Å². The van der Waals surface area contributed by atoms with Crippen molar-refractivity contribution in [3.63, 3.8) is 0 Å². The molecule has 0 saturated heterocycles. The van der Waals surface area contributed by atoms with Crippen LogP contribution in [0.5, 0.6) is 0 Å². The van der Waals surface area contributed by atoms with Crippen LogP contribution in [0.15, 0.2) is 43.1 Å². The van der Waals surface area contributed by atoms with E-state index in [0.29, 0.717) is 12.1 Å². The number of nitrogens with zero attached hydrogens (tertiary/aromatic N) is 2. The lowest BCUT2D eigenvalue weighted by atomic mass is 10.0. The number of benzene rings is 1. The normalized spacial score (nSPS) is 20.3. The van der Waals surface area contributed by atoms with Gasteiger partial charge in [-0.2, -0.15) is 0 Å². The van der Waals surface area contributed by atoms with Crippen LogP contribution >= 0.6 is 0 Å². The van der Waals surface area contributed by atoms with E-state index < -0.39 is 0 Å². The van der Waals surface area contributed by atoms with Crippen LogP contribution in [0.4, 0.5) is 0 Å². The van der Waals surface area contributed by atoms with Gasteiger partial charge in [-0.15, -0.1) is 0 Å². The summed E-state index contributed by atoms with van der Waals surface area (Å²) in [6, 6.07) is 7.37. The third kappa shape index (κ3) is 3.47. The Kier molecular flexibility index (Phi) is 4.71. The van der Waals surface area contributed by atoms with E-state index in [1.165, 1.54) is 6.08 Å². The number of aromatic nitrogens is 2. The van der Waals surface area contributed by atoms with Crippen molar-refractivity contribution in [3.05, 3.63) is 71.3 Å². The van der Waals surface area contributed by atoms with Gasteiger partial charge < -0.3 is 10.6 Å². The highest BCUT2D eigenvalue weighted by molar-refractivity contribution is 5.92. The maximum absolute atomic E-state index is 12.8. The van der Waals surface area contributed by atoms with Crippen LogP contribution in [0, 0.1) is 0 Å². The first-order chi connectivity index (χ1) is 13.2. The van der Waals surface area contributed by atoms with Crippen molar-refractivity contribution < 1.29 is 9.59 Å². The van der Waals surface area contributed by atoms with Gasteiger partial charge in [0.05, 0.1) is 29.7 Å². The predicted octanol–water partition coefficient (Wildman–Crippen LogP) is 2.05. The Balaban J connectivity index is 1.54. The number of fused-ring (bicyclic) bond motifs is 2. The van der Waals surface area contributed by atoms with E-state index in [-0.39, 0.29) is 23.9 Å². The van der Waals surface area contributed by atoms with Crippen molar-refractivity contribution in [2.45, 2.75) is 44.2 Å². The molecule has 0 aliphatic heterocycles. The fourth-order valence-corrected chi connectivity index (χ4v) is 3.92. The van der Waals surface area contributed by atoms with Crippen LogP contribution in [0.1, 0.15) is 51.9 Å². The van der Waals surface area contributed by atoms with Crippen molar-refractivity contribution in [1.29, 1.82) is 0 Å². The van der Waals surface area contributed by atoms with Gasteiger partial charge in [0, 0.05) is 0 Å². The lowest BCUT2D eigenvalue weighted by Gasteiger charge is -2.22. The van der Waals surface area contributed by atoms with Gasteiger partial charge in [0.15, 0.2) is 0 Å². The maximum Gasteiger partial charge on any atom is 0.271 e. The van der Waals surface area contributed by atoms with Crippen molar-refractivity contribution >= 4 is 11.8 Å². The van der Waals surface area contributed by atoms with E-state index in [4.69, 9.17) is 0 Å². The molecule has 2 N–H and O–H groups in total. The summed E-state index contributed by atoms with van der Waals surface area (Å²) in [6.07, 6.45) is 7.46. The molecule has 2 atom stereocenters. The van der Waals surface area contributed by atoms with Gasteiger partial charge in [-0.25, -0.2) is 4.98 Å². The molecule has 1 aromatic heterocycles. The number of aryl methyl sites for hydroxylation is 2. The third-order valence-electron chi connectivity index (χ3n) is 5.27. The summed E-state index contributed by atoms with van der Waals surface area (Å²) < 4.78 is 0. The molecule has 0 unspecified atom stereocenters. The Morgan fingerprint density at radius 1 is 1.11 bits per heavy atom. The smallest absolute Gasteiger partial charge is 0.271 e. The van der Waals surface area contributed by atoms with E-state index in [1.807, 2.05) is 24.3 Å². The molecule has 6 nitrogen and oxygen atoms in total. The first kappa shape index (κ1) is 17.4. The first-order valence-electron chi connectivity index (χ1n) is 9.32. The minimum Gasteiger partial charge on any atom is -0.345 e. The summed E-state index contributed by atoms with van der Waals surface area (Å²) in [5.41, 5.74) is 4.41. The lowest BCUT2D eigenvalue weighted by Crippen LogP contribution is -2.44. The Morgan fingerprint density at radius 2 is 1.89 bits per heavy atom. The van der Waals surface area contributed by atoms with Gasteiger partial charge in [-0.05, 0) is 49.3 Å². The van der Waals surface area contributed by atoms with Crippen LogP contribution in [0.2, 0.25) is 0 Å². The minimum atomic E-state index is -0.291. The molecule has 0 fully saturated rings. The van der Waals surface area contributed by atoms with E-state index in [0.717, 1.165) is 48.2 Å². The topological polar surface area (TPSA) is 84.0 Å². The Hall–Kier alpha value is -3.02. The molecule has 2 aromatic rings. The monoisotopic (exact) mass is 362 g/mol. The van der Waals surface area contributed by atoms with Gasteiger partial charge in [0.25, 0.3) is 5.91 Å². The molecule has 1 aromatic carbocycles. The van der Waals surface area contributed by atoms with Crippen molar-refractivity contribution in [1.82, 2.24) is 20.6 Å². The number of rotatable bonds is 4. The van der Waals surface area contributed by atoms with Gasteiger partial charge in [-0.3, -0.25) is 14.6 Å². The van der Waals surface area contributed by atoms with E-state index in [2.05, 4.69) is 27.2 Å².